The Morgan fingerprint density at radius 1 is 0.313 bits per heavy atom. The Hall–Kier alpha value is -3.93. The first-order valence-electron chi connectivity index (χ1n) is 27.4. The normalized spacial score (nSPS) is 12.9. The van der Waals surface area contributed by atoms with Gasteiger partial charge in [0.2, 0.25) is 0 Å². The summed E-state index contributed by atoms with van der Waals surface area (Å²) < 4.78 is 16.7. The third-order valence-corrected chi connectivity index (χ3v) is 11.2. The Bertz CT molecular complexity index is 1390. The molecule has 6 nitrogen and oxygen atoms in total. The van der Waals surface area contributed by atoms with E-state index < -0.39 is 6.10 Å². The molecule has 0 fully saturated rings. The van der Waals surface area contributed by atoms with Gasteiger partial charge in [-0.3, -0.25) is 14.4 Å². The van der Waals surface area contributed by atoms with Crippen molar-refractivity contribution in [2.24, 2.45) is 0 Å². The summed E-state index contributed by atoms with van der Waals surface area (Å²) in [5.74, 6) is -1.02. The van der Waals surface area contributed by atoms with Gasteiger partial charge in [0, 0.05) is 19.3 Å². The van der Waals surface area contributed by atoms with E-state index in [1.807, 2.05) is 6.08 Å². The second-order valence-corrected chi connectivity index (χ2v) is 17.7. The van der Waals surface area contributed by atoms with E-state index in [1.54, 1.807) is 0 Å². The molecule has 0 bridgehead atoms. The van der Waals surface area contributed by atoms with E-state index in [2.05, 4.69) is 124 Å². The van der Waals surface area contributed by atoms with Crippen LogP contribution in [0, 0.1) is 0 Å². The number of carbonyl (C=O) groups excluding carboxylic acids is 3. The second kappa shape index (κ2) is 54.7. The first-order chi connectivity index (χ1) is 33.0. The van der Waals surface area contributed by atoms with Gasteiger partial charge in [-0.2, -0.15) is 0 Å². The van der Waals surface area contributed by atoms with Crippen molar-refractivity contribution in [2.45, 2.75) is 245 Å². The van der Waals surface area contributed by atoms with Crippen molar-refractivity contribution in [3.8, 4) is 0 Å². The zero-order valence-corrected chi connectivity index (χ0v) is 43.4. The lowest BCUT2D eigenvalue weighted by molar-refractivity contribution is -0.166. The fraction of sp³-hybridized carbons (Fsp3) is 0.656. The van der Waals surface area contributed by atoms with Gasteiger partial charge < -0.3 is 14.2 Å². The smallest absolute Gasteiger partial charge is 0.306 e. The quantitative estimate of drug-likeness (QED) is 0.0262. The van der Waals surface area contributed by atoms with Crippen molar-refractivity contribution in [2.75, 3.05) is 13.2 Å². The zero-order valence-electron chi connectivity index (χ0n) is 43.4. The van der Waals surface area contributed by atoms with Crippen LogP contribution < -0.4 is 0 Å². The lowest BCUT2D eigenvalue weighted by Gasteiger charge is -2.18. The zero-order chi connectivity index (χ0) is 48.6. The molecule has 0 aromatic heterocycles. The molecule has 0 heterocycles. The van der Waals surface area contributed by atoms with Gasteiger partial charge in [-0.05, 0) is 116 Å². The number of unbranched alkanes of at least 4 members (excludes halogenated alkanes) is 19. The van der Waals surface area contributed by atoms with Gasteiger partial charge in [-0.25, -0.2) is 0 Å². The number of hydrogen-bond donors (Lipinski definition) is 0. The molecule has 0 amide bonds. The number of esters is 3. The van der Waals surface area contributed by atoms with E-state index in [0.717, 1.165) is 103 Å². The molecule has 0 spiro atoms. The van der Waals surface area contributed by atoms with Crippen LogP contribution in [-0.4, -0.2) is 37.2 Å². The standard InChI is InChI=1S/C61H100O6/c1-4-7-10-13-16-19-22-25-27-29-30-32-33-36-39-42-45-48-51-54-60(63)66-57-58(56-65-59(62)53-50-47-44-41-38-35-24-21-18-15-12-9-6-3)67-61(64)55-52-49-46-43-40-37-34-31-28-26-23-20-17-14-11-8-5-2/h7,10,16-17,19-21,24-28,30,32,36,39,45,48,58H,4-6,8-9,11-15,18,22-23,29,31,33-35,37-38,40-44,46-47,49-57H2,1-3H3/b10-7-,19-16-,20-17-,24-21-,27-25-,28-26-,32-30-,39-36-,48-45-/t58-/m1/s1. The van der Waals surface area contributed by atoms with Gasteiger partial charge in [-0.15, -0.1) is 0 Å². The van der Waals surface area contributed by atoms with Crippen LogP contribution in [0.2, 0.25) is 0 Å². The van der Waals surface area contributed by atoms with Gasteiger partial charge in [0.25, 0.3) is 0 Å². The highest BCUT2D eigenvalue weighted by Gasteiger charge is 2.19. The van der Waals surface area contributed by atoms with Crippen LogP contribution >= 0.6 is 0 Å². The van der Waals surface area contributed by atoms with Crippen LogP contribution in [0.25, 0.3) is 0 Å². The molecule has 0 aliphatic heterocycles. The van der Waals surface area contributed by atoms with Crippen LogP contribution in [0.3, 0.4) is 0 Å². The van der Waals surface area contributed by atoms with Crippen molar-refractivity contribution >= 4 is 17.9 Å². The molecule has 0 aromatic carbocycles. The van der Waals surface area contributed by atoms with E-state index in [0.29, 0.717) is 19.3 Å². The minimum Gasteiger partial charge on any atom is -0.462 e. The molecule has 1 atom stereocenters. The Morgan fingerprint density at radius 2 is 0.612 bits per heavy atom. The summed E-state index contributed by atoms with van der Waals surface area (Å²) in [4.78, 5) is 38.0. The fourth-order valence-electron chi connectivity index (χ4n) is 7.14. The molecule has 0 radical (unpaired) electrons. The van der Waals surface area contributed by atoms with Gasteiger partial charge in [0.1, 0.15) is 13.2 Å². The van der Waals surface area contributed by atoms with Gasteiger partial charge in [0.15, 0.2) is 6.10 Å². The second-order valence-electron chi connectivity index (χ2n) is 17.7. The van der Waals surface area contributed by atoms with Crippen LogP contribution in [0.4, 0.5) is 0 Å². The molecule has 0 rings (SSSR count). The Labute approximate surface area is 412 Å². The predicted molar refractivity (Wildman–Crippen MR) is 288 cm³/mol. The van der Waals surface area contributed by atoms with Crippen LogP contribution in [0.5, 0.6) is 0 Å². The molecular weight excluding hydrogens is 829 g/mol. The third kappa shape index (κ3) is 52.9. The van der Waals surface area contributed by atoms with Crippen molar-refractivity contribution in [3.05, 3.63) is 109 Å². The summed E-state index contributed by atoms with van der Waals surface area (Å²) >= 11 is 0. The average Bonchev–Trinajstić information content (AvgIpc) is 3.33. The first-order valence-corrected chi connectivity index (χ1v) is 27.4. The maximum atomic E-state index is 12.8. The predicted octanol–water partition coefficient (Wildman–Crippen LogP) is 18.3. The third-order valence-electron chi connectivity index (χ3n) is 11.2. The minimum atomic E-state index is -0.818. The highest BCUT2D eigenvalue weighted by atomic mass is 16.6. The Morgan fingerprint density at radius 3 is 1.04 bits per heavy atom. The number of carbonyl (C=O) groups is 3. The van der Waals surface area contributed by atoms with Crippen LogP contribution in [0.15, 0.2) is 109 Å². The summed E-state index contributed by atoms with van der Waals surface area (Å²) in [5, 5.41) is 0. The molecule has 0 aromatic rings. The van der Waals surface area contributed by atoms with E-state index in [9.17, 15) is 14.4 Å². The summed E-state index contributed by atoms with van der Waals surface area (Å²) in [6.45, 7) is 6.40. The van der Waals surface area contributed by atoms with Crippen molar-refractivity contribution < 1.29 is 28.6 Å². The monoisotopic (exact) mass is 929 g/mol. The fourth-order valence-corrected chi connectivity index (χ4v) is 7.14. The summed E-state index contributed by atoms with van der Waals surface area (Å²) in [5.41, 5.74) is 0. The molecule has 0 saturated carbocycles. The SMILES string of the molecule is CC/C=C\C/C=C\C/C=C\C/C=C\C/C=C\C/C=C\CCC(=O)OC[C@@H](COC(=O)CCCCCCC/C=C\CCCCCC)OC(=O)CCCCCCCCC/C=C\C/C=C\CCCCC. The summed E-state index contributed by atoms with van der Waals surface area (Å²) in [6, 6.07) is 0. The maximum Gasteiger partial charge on any atom is 0.306 e. The molecule has 0 saturated heterocycles. The molecule has 0 aliphatic carbocycles. The van der Waals surface area contributed by atoms with E-state index in [4.69, 9.17) is 14.2 Å². The topological polar surface area (TPSA) is 78.9 Å². The summed E-state index contributed by atoms with van der Waals surface area (Å²) in [7, 11) is 0. The highest BCUT2D eigenvalue weighted by molar-refractivity contribution is 5.71. The van der Waals surface area contributed by atoms with Crippen molar-refractivity contribution in [1.82, 2.24) is 0 Å². The summed E-state index contributed by atoms with van der Waals surface area (Å²) in [6.07, 6.45) is 73.7. The van der Waals surface area contributed by atoms with E-state index in [-0.39, 0.29) is 37.5 Å². The van der Waals surface area contributed by atoms with Gasteiger partial charge >= 0.3 is 17.9 Å². The molecule has 6 heteroatoms. The number of ether oxygens (including phenoxy) is 3. The molecule has 0 unspecified atom stereocenters. The van der Waals surface area contributed by atoms with Gasteiger partial charge in [0.05, 0.1) is 0 Å². The van der Waals surface area contributed by atoms with E-state index in [1.165, 1.54) is 89.9 Å². The number of allylic oxidation sites excluding steroid dienone is 18. The van der Waals surface area contributed by atoms with Crippen LogP contribution in [0.1, 0.15) is 239 Å². The minimum absolute atomic E-state index is 0.110. The Balaban J connectivity index is 4.53. The number of rotatable bonds is 48. The first kappa shape index (κ1) is 63.1. The van der Waals surface area contributed by atoms with E-state index >= 15 is 0 Å². The molecule has 0 N–H and O–H groups in total. The lowest BCUT2D eigenvalue weighted by atomic mass is 10.1. The average molecular weight is 929 g/mol. The largest absolute Gasteiger partial charge is 0.462 e. The van der Waals surface area contributed by atoms with Crippen molar-refractivity contribution in [1.29, 1.82) is 0 Å². The molecule has 67 heavy (non-hydrogen) atoms. The maximum absolute atomic E-state index is 12.8. The highest BCUT2D eigenvalue weighted by Crippen LogP contribution is 2.13. The van der Waals surface area contributed by atoms with Crippen molar-refractivity contribution in [3.63, 3.8) is 0 Å². The molecule has 380 valence electrons. The number of hydrogen-bond acceptors (Lipinski definition) is 6. The Kier molecular flexibility index (Phi) is 51.5. The molecule has 0 aliphatic rings. The molecular formula is C61H100O6. The van der Waals surface area contributed by atoms with Gasteiger partial charge in [-0.1, -0.05) is 214 Å². The lowest BCUT2D eigenvalue weighted by Crippen LogP contribution is -2.30. The van der Waals surface area contributed by atoms with Crippen LogP contribution in [-0.2, 0) is 28.6 Å².